The summed E-state index contributed by atoms with van der Waals surface area (Å²) in [4.78, 5) is -0.493. The maximum absolute atomic E-state index is 12.5. The first-order chi connectivity index (χ1) is 7.29. The Hall–Kier alpha value is -0.710. The maximum atomic E-state index is 12.5. The van der Waals surface area contributed by atoms with Crippen LogP contribution in [0.5, 0.6) is 0 Å². The van der Waals surface area contributed by atoms with Gasteiger partial charge in [-0.05, 0) is 22.0 Å². The molecule has 0 amide bonds. The highest BCUT2D eigenvalue weighted by atomic mass is 79.9. The number of hydrogen-bond donors (Lipinski definition) is 0. The summed E-state index contributed by atoms with van der Waals surface area (Å²) in [5.74, 6) is 0. The van der Waals surface area contributed by atoms with Crippen molar-refractivity contribution in [1.82, 2.24) is 0 Å². The highest BCUT2D eigenvalue weighted by Crippen LogP contribution is 2.34. The quantitative estimate of drug-likeness (QED) is 0.783. The second kappa shape index (κ2) is 4.65. The van der Waals surface area contributed by atoms with Crippen molar-refractivity contribution in [3.8, 4) is 6.07 Å². The normalized spacial score (nSPS) is 11.5. The van der Waals surface area contributed by atoms with Crippen molar-refractivity contribution in [3.05, 3.63) is 27.7 Å². The van der Waals surface area contributed by atoms with Gasteiger partial charge in [0, 0.05) is 20.7 Å². The molecule has 0 atom stereocenters. The summed E-state index contributed by atoms with van der Waals surface area (Å²) in [6.07, 6.45) is -2.81. The molecule has 1 rings (SSSR count). The zero-order valence-corrected chi connectivity index (χ0v) is 10.6. The second-order valence-electron chi connectivity index (χ2n) is 2.69. The highest BCUT2D eigenvalue weighted by Gasteiger charge is 2.23. The molecule has 0 fully saturated rings. The van der Waals surface area contributed by atoms with E-state index in [0.717, 1.165) is 12.1 Å². The van der Waals surface area contributed by atoms with Crippen LogP contribution < -0.4 is 0 Å². The van der Waals surface area contributed by atoms with E-state index in [2.05, 4.69) is 15.9 Å². The molecule has 0 bridgehead atoms. The number of halogens is 4. The van der Waals surface area contributed by atoms with Crippen LogP contribution in [0.4, 0.5) is 8.78 Å². The predicted octanol–water partition coefficient (Wildman–Crippen LogP) is 3.19. The predicted molar refractivity (Wildman–Crippen MR) is 56.9 cm³/mol. The summed E-state index contributed by atoms with van der Waals surface area (Å²) in [5, 5.41) is 8.72. The van der Waals surface area contributed by atoms with Crippen LogP contribution >= 0.6 is 26.6 Å². The molecular weight excluding hydrogens is 328 g/mol. The minimum absolute atomic E-state index is 0.258. The lowest BCUT2D eigenvalue weighted by Crippen LogP contribution is -1.99. The first kappa shape index (κ1) is 13.4. The third-order valence-electron chi connectivity index (χ3n) is 1.74. The van der Waals surface area contributed by atoms with E-state index in [9.17, 15) is 17.2 Å². The Balaban J connectivity index is 3.62. The molecule has 0 aromatic heterocycles. The molecule has 0 saturated heterocycles. The van der Waals surface area contributed by atoms with Crippen molar-refractivity contribution in [2.45, 2.75) is 11.3 Å². The van der Waals surface area contributed by atoms with Crippen LogP contribution in [0, 0.1) is 11.3 Å². The van der Waals surface area contributed by atoms with Crippen LogP contribution in [-0.2, 0) is 9.05 Å². The lowest BCUT2D eigenvalue weighted by atomic mass is 10.1. The maximum Gasteiger partial charge on any atom is 0.264 e. The van der Waals surface area contributed by atoms with Crippen LogP contribution in [0.15, 0.2) is 21.5 Å². The summed E-state index contributed by atoms with van der Waals surface area (Å²) < 4.78 is 46.7. The van der Waals surface area contributed by atoms with Crippen molar-refractivity contribution >= 4 is 35.7 Å². The van der Waals surface area contributed by atoms with Crippen LogP contribution in [0.1, 0.15) is 17.6 Å². The van der Waals surface area contributed by atoms with Gasteiger partial charge >= 0.3 is 0 Å². The van der Waals surface area contributed by atoms with Crippen molar-refractivity contribution < 1.29 is 17.2 Å². The molecule has 0 N–H and O–H groups in total. The van der Waals surface area contributed by atoms with Gasteiger partial charge in [0.2, 0.25) is 0 Å². The topological polar surface area (TPSA) is 57.9 Å². The first-order valence-electron chi connectivity index (χ1n) is 3.74. The number of hydrogen-bond acceptors (Lipinski definition) is 3. The smallest absolute Gasteiger partial charge is 0.207 e. The molecule has 0 unspecified atom stereocenters. The van der Waals surface area contributed by atoms with Gasteiger partial charge in [-0.25, -0.2) is 17.2 Å². The summed E-state index contributed by atoms with van der Waals surface area (Å²) in [7, 11) is 0.923. The molecule has 1 aromatic rings. The minimum Gasteiger partial charge on any atom is -0.207 e. The van der Waals surface area contributed by atoms with E-state index in [0.29, 0.717) is 0 Å². The molecule has 0 aliphatic carbocycles. The standard InChI is InChI=1S/C8H3BrClF2NO2S/c9-7-4(8(11)12)1-2-6(5(7)3-13)16(10,14)15/h1-2,8H. The van der Waals surface area contributed by atoms with Crippen LogP contribution in [0.2, 0.25) is 0 Å². The molecular formula is C8H3BrClF2NO2S. The Morgan fingerprint density at radius 3 is 2.38 bits per heavy atom. The molecule has 86 valence electrons. The molecule has 0 spiro atoms. The number of alkyl halides is 2. The minimum atomic E-state index is -4.14. The zero-order valence-electron chi connectivity index (χ0n) is 7.42. The van der Waals surface area contributed by atoms with E-state index in [4.69, 9.17) is 15.9 Å². The van der Waals surface area contributed by atoms with Gasteiger partial charge in [0.1, 0.15) is 11.0 Å². The van der Waals surface area contributed by atoms with Gasteiger partial charge in [-0.1, -0.05) is 6.07 Å². The molecule has 0 aliphatic heterocycles. The van der Waals surface area contributed by atoms with E-state index in [1.54, 1.807) is 0 Å². The largest absolute Gasteiger partial charge is 0.264 e. The number of nitriles is 1. The fourth-order valence-electron chi connectivity index (χ4n) is 1.05. The fourth-order valence-corrected chi connectivity index (χ4v) is 2.80. The van der Waals surface area contributed by atoms with Gasteiger partial charge in [-0.15, -0.1) is 0 Å². The molecule has 8 heteroatoms. The Kier molecular flexibility index (Phi) is 3.88. The van der Waals surface area contributed by atoms with Crippen LogP contribution in [0.25, 0.3) is 0 Å². The Bertz CT molecular complexity index is 568. The molecule has 0 saturated carbocycles. The third-order valence-corrected chi connectivity index (χ3v) is 3.96. The summed E-state index contributed by atoms with van der Waals surface area (Å²) in [6.45, 7) is 0. The van der Waals surface area contributed by atoms with Crippen molar-refractivity contribution in [2.75, 3.05) is 0 Å². The van der Waals surface area contributed by atoms with Gasteiger partial charge < -0.3 is 0 Å². The van der Waals surface area contributed by atoms with Crippen LogP contribution in [-0.4, -0.2) is 8.42 Å². The summed E-state index contributed by atoms with van der Waals surface area (Å²) in [6, 6.07) is 3.31. The molecule has 3 nitrogen and oxygen atoms in total. The van der Waals surface area contributed by atoms with Gasteiger partial charge in [-0.3, -0.25) is 0 Å². The molecule has 16 heavy (non-hydrogen) atoms. The average Bonchev–Trinajstić information content (AvgIpc) is 2.15. The lowest BCUT2D eigenvalue weighted by Gasteiger charge is -2.07. The lowest BCUT2D eigenvalue weighted by molar-refractivity contribution is 0.150. The number of nitrogens with zero attached hydrogens (tertiary/aromatic N) is 1. The molecule has 0 heterocycles. The van der Waals surface area contributed by atoms with E-state index < -0.39 is 31.5 Å². The van der Waals surface area contributed by atoms with Gasteiger partial charge in [0.25, 0.3) is 15.5 Å². The van der Waals surface area contributed by atoms with Gasteiger partial charge in [0.15, 0.2) is 0 Å². The molecule has 0 aliphatic rings. The van der Waals surface area contributed by atoms with E-state index in [1.807, 2.05) is 0 Å². The van der Waals surface area contributed by atoms with E-state index >= 15 is 0 Å². The van der Waals surface area contributed by atoms with E-state index in [1.165, 1.54) is 6.07 Å². The molecule has 0 radical (unpaired) electrons. The monoisotopic (exact) mass is 329 g/mol. The Morgan fingerprint density at radius 1 is 1.44 bits per heavy atom. The van der Waals surface area contributed by atoms with Gasteiger partial charge in [-0.2, -0.15) is 5.26 Å². The summed E-state index contributed by atoms with van der Waals surface area (Å²) in [5.41, 5.74) is -0.881. The Morgan fingerprint density at radius 2 is 2.00 bits per heavy atom. The zero-order chi connectivity index (χ0) is 12.5. The van der Waals surface area contributed by atoms with E-state index in [-0.39, 0.29) is 4.47 Å². The Labute approximate surface area is 103 Å². The highest BCUT2D eigenvalue weighted by molar-refractivity contribution is 9.10. The average molecular weight is 331 g/mol. The number of benzene rings is 1. The second-order valence-corrected chi connectivity index (χ2v) is 6.02. The van der Waals surface area contributed by atoms with Crippen LogP contribution in [0.3, 0.4) is 0 Å². The van der Waals surface area contributed by atoms with Crippen molar-refractivity contribution in [1.29, 1.82) is 5.26 Å². The summed E-state index contributed by atoms with van der Waals surface area (Å²) >= 11 is 2.76. The third kappa shape index (κ3) is 2.51. The first-order valence-corrected chi connectivity index (χ1v) is 6.84. The fraction of sp³-hybridized carbons (Fsp3) is 0.125. The van der Waals surface area contributed by atoms with Crippen molar-refractivity contribution in [2.24, 2.45) is 0 Å². The molecule has 1 aromatic carbocycles. The van der Waals surface area contributed by atoms with Gasteiger partial charge in [0.05, 0.1) is 5.56 Å². The number of rotatable bonds is 2. The van der Waals surface area contributed by atoms with Crippen molar-refractivity contribution in [3.63, 3.8) is 0 Å². The SMILES string of the molecule is N#Cc1c(S(=O)(=O)Cl)ccc(C(F)F)c1Br.